The lowest BCUT2D eigenvalue weighted by Crippen LogP contribution is -2.48. The van der Waals surface area contributed by atoms with Gasteiger partial charge in [0.05, 0.1) is 0 Å². The Morgan fingerprint density at radius 2 is 1.86 bits per heavy atom. The molecule has 2 fully saturated rings. The van der Waals surface area contributed by atoms with E-state index in [1.807, 2.05) is 6.07 Å². The molecule has 3 N–H and O–H groups in total. The summed E-state index contributed by atoms with van der Waals surface area (Å²) in [4.78, 5) is 5.06. The van der Waals surface area contributed by atoms with Crippen LogP contribution in [0.25, 0.3) is 0 Å². The first-order valence-corrected chi connectivity index (χ1v) is 7.77. The molecule has 3 rings (SSSR count). The third kappa shape index (κ3) is 3.54. The van der Waals surface area contributed by atoms with Gasteiger partial charge in [0.1, 0.15) is 5.84 Å². The number of amidine groups is 1. The van der Waals surface area contributed by atoms with Gasteiger partial charge < -0.3 is 10.9 Å². The normalized spacial score (nSPS) is 23.1. The minimum atomic E-state index is 0.198. The van der Waals surface area contributed by atoms with Gasteiger partial charge in [-0.25, -0.2) is 0 Å². The van der Waals surface area contributed by atoms with E-state index in [9.17, 15) is 0 Å². The Kier molecular flexibility index (Phi) is 4.41. The molecule has 1 aliphatic carbocycles. The van der Waals surface area contributed by atoms with Crippen LogP contribution >= 0.6 is 0 Å². The highest BCUT2D eigenvalue weighted by molar-refractivity contribution is 5.80. The molecule has 114 valence electrons. The smallest absolute Gasteiger partial charge is 0.141 e. The fraction of sp³-hybridized carbons (Fsp3) is 0.562. The quantitative estimate of drug-likeness (QED) is 0.374. The molecule has 5 heteroatoms. The van der Waals surface area contributed by atoms with Crippen LogP contribution in [0.5, 0.6) is 0 Å². The standard InChI is InChI=1S/C16H24N4O/c17-16(18-21)12-15(13-4-2-1-3-5-13)20-10-8-19(9-11-20)14-6-7-14/h1-5,14-15,21H,6-12H2,(H2,17,18). The number of hydrogen-bond donors (Lipinski definition) is 2. The maximum absolute atomic E-state index is 8.89. The highest BCUT2D eigenvalue weighted by atomic mass is 16.4. The van der Waals surface area contributed by atoms with Crippen molar-refractivity contribution in [3.63, 3.8) is 0 Å². The molecule has 0 bridgehead atoms. The first-order chi connectivity index (χ1) is 10.3. The Morgan fingerprint density at radius 1 is 1.19 bits per heavy atom. The van der Waals surface area contributed by atoms with Crippen LogP contribution in [0, 0.1) is 0 Å². The summed E-state index contributed by atoms with van der Waals surface area (Å²) in [6.07, 6.45) is 3.31. The zero-order valence-electron chi connectivity index (χ0n) is 12.4. The maximum Gasteiger partial charge on any atom is 0.141 e. The number of piperazine rings is 1. The summed E-state index contributed by atoms with van der Waals surface area (Å²) >= 11 is 0. The zero-order valence-corrected chi connectivity index (χ0v) is 12.4. The third-order valence-electron chi connectivity index (χ3n) is 4.57. The number of nitrogens with zero attached hydrogens (tertiary/aromatic N) is 3. The van der Waals surface area contributed by atoms with Crippen molar-refractivity contribution in [3.05, 3.63) is 35.9 Å². The van der Waals surface area contributed by atoms with Gasteiger partial charge in [0.15, 0.2) is 0 Å². The second-order valence-corrected chi connectivity index (χ2v) is 6.03. The lowest BCUT2D eigenvalue weighted by Gasteiger charge is -2.39. The lowest BCUT2D eigenvalue weighted by atomic mass is 10.0. The summed E-state index contributed by atoms with van der Waals surface area (Å²) in [6.45, 7) is 4.36. The molecule has 21 heavy (non-hydrogen) atoms. The second-order valence-electron chi connectivity index (χ2n) is 6.03. The first-order valence-electron chi connectivity index (χ1n) is 7.77. The van der Waals surface area contributed by atoms with Gasteiger partial charge >= 0.3 is 0 Å². The fourth-order valence-corrected chi connectivity index (χ4v) is 3.23. The molecular weight excluding hydrogens is 264 g/mol. The van der Waals surface area contributed by atoms with Crippen LogP contribution in [-0.2, 0) is 0 Å². The predicted molar refractivity (Wildman–Crippen MR) is 83.4 cm³/mol. The van der Waals surface area contributed by atoms with Crippen LogP contribution in [0.4, 0.5) is 0 Å². The van der Waals surface area contributed by atoms with E-state index in [0.29, 0.717) is 12.3 Å². The van der Waals surface area contributed by atoms with Gasteiger partial charge in [0.2, 0.25) is 0 Å². The predicted octanol–water partition coefficient (Wildman–Crippen LogP) is 1.64. The number of hydrogen-bond acceptors (Lipinski definition) is 4. The Labute approximate surface area is 126 Å². The monoisotopic (exact) mass is 288 g/mol. The van der Waals surface area contributed by atoms with Gasteiger partial charge in [-0.05, 0) is 18.4 Å². The molecule has 1 aromatic rings. The van der Waals surface area contributed by atoms with E-state index in [4.69, 9.17) is 10.9 Å². The Morgan fingerprint density at radius 3 is 2.43 bits per heavy atom. The minimum Gasteiger partial charge on any atom is -0.409 e. The highest BCUT2D eigenvalue weighted by Crippen LogP contribution is 2.30. The molecule has 0 radical (unpaired) electrons. The molecule has 5 nitrogen and oxygen atoms in total. The van der Waals surface area contributed by atoms with Crippen molar-refractivity contribution in [2.24, 2.45) is 10.9 Å². The van der Waals surface area contributed by atoms with Gasteiger partial charge in [-0.2, -0.15) is 0 Å². The molecule has 2 aliphatic rings. The lowest BCUT2D eigenvalue weighted by molar-refractivity contribution is 0.0929. The van der Waals surface area contributed by atoms with E-state index >= 15 is 0 Å². The molecule has 1 aromatic carbocycles. The molecule has 1 aliphatic heterocycles. The molecule has 1 atom stereocenters. The topological polar surface area (TPSA) is 65.1 Å². The summed E-state index contributed by atoms with van der Waals surface area (Å²) in [5, 5.41) is 12.0. The number of benzene rings is 1. The summed E-state index contributed by atoms with van der Waals surface area (Å²) in [6, 6.07) is 11.4. The van der Waals surface area contributed by atoms with Crippen LogP contribution in [-0.4, -0.2) is 53.1 Å². The largest absolute Gasteiger partial charge is 0.409 e. The minimum absolute atomic E-state index is 0.198. The van der Waals surface area contributed by atoms with Crippen molar-refractivity contribution in [2.75, 3.05) is 26.2 Å². The number of oxime groups is 1. The number of rotatable bonds is 5. The van der Waals surface area contributed by atoms with Crippen molar-refractivity contribution in [1.82, 2.24) is 9.80 Å². The van der Waals surface area contributed by atoms with Crippen molar-refractivity contribution in [3.8, 4) is 0 Å². The Bertz CT molecular complexity index is 478. The average molecular weight is 288 g/mol. The van der Waals surface area contributed by atoms with Crippen LogP contribution in [0.3, 0.4) is 0 Å². The van der Waals surface area contributed by atoms with Crippen molar-refractivity contribution >= 4 is 5.84 Å². The Balaban J connectivity index is 1.69. The SMILES string of the molecule is NC(CC(c1ccccc1)N1CCN(C2CC2)CC1)=NO. The maximum atomic E-state index is 8.89. The molecule has 1 saturated heterocycles. The molecule has 1 unspecified atom stereocenters. The molecule has 0 aromatic heterocycles. The molecular formula is C16H24N4O. The van der Waals surface area contributed by atoms with Gasteiger partial charge in [0.25, 0.3) is 0 Å². The van der Waals surface area contributed by atoms with E-state index in [1.165, 1.54) is 18.4 Å². The van der Waals surface area contributed by atoms with Crippen LogP contribution in [0.2, 0.25) is 0 Å². The average Bonchev–Trinajstić information content (AvgIpc) is 3.38. The van der Waals surface area contributed by atoms with E-state index in [1.54, 1.807) is 0 Å². The van der Waals surface area contributed by atoms with Gasteiger partial charge in [-0.3, -0.25) is 9.80 Å². The molecule has 1 saturated carbocycles. The number of nitrogens with two attached hydrogens (primary N) is 1. The van der Waals surface area contributed by atoms with Gasteiger partial charge in [0, 0.05) is 44.7 Å². The van der Waals surface area contributed by atoms with Crippen molar-refractivity contribution in [2.45, 2.75) is 31.3 Å². The van der Waals surface area contributed by atoms with Crippen LogP contribution in [0.15, 0.2) is 35.5 Å². The summed E-state index contributed by atoms with van der Waals surface area (Å²) in [7, 11) is 0. The first kappa shape index (κ1) is 14.4. The van der Waals surface area contributed by atoms with E-state index in [-0.39, 0.29) is 6.04 Å². The summed E-state index contributed by atoms with van der Waals surface area (Å²) in [5.74, 6) is 0.300. The zero-order chi connectivity index (χ0) is 14.7. The molecule has 0 amide bonds. The highest BCUT2D eigenvalue weighted by Gasteiger charge is 2.33. The fourth-order valence-electron chi connectivity index (χ4n) is 3.23. The van der Waals surface area contributed by atoms with Crippen molar-refractivity contribution < 1.29 is 5.21 Å². The van der Waals surface area contributed by atoms with Crippen LogP contribution < -0.4 is 5.73 Å². The summed E-state index contributed by atoms with van der Waals surface area (Å²) < 4.78 is 0. The molecule has 1 heterocycles. The van der Waals surface area contributed by atoms with Gasteiger partial charge in [-0.15, -0.1) is 0 Å². The third-order valence-corrected chi connectivity index (χ3v) is 4.57. The summed E-state index contributed by atoms with van der Waals surface area (Å²) in [5.41, 5.74) is 7.01. The van der Waals surface area contributed by atoms with E-state index < -0.39 is 0 Å². The Hall–Kier alpha value is -1.59. The van der Waals surface area contributed by atoms with E-state index in [0.717, 1.165) is 32.2 Å². The van der Waals surface area contributed by atoms with Crippen molar-refractivity contribution in [1.29, 1.82) is 0 Å². The second kappa shape index (κ2) is 6.45. The van der Waals surface area contributed by atoms with Gasteiger partial charge in [-0.1, -0.05) is 35.5 Å². The molecule has 0 spiro atoms. The van der Waals surface area contributed by atoms with Crippen LogP contribution in [0.1, 0.15) is 30.9 Å². The van der Waals surface area contributed by atoms with E-state index in [2.05, 4.69) is 39.2 Å².